The van der Waals surface area contributed by atoms with E-state index in [4.69, 9.17) is 0 Å². The van der Waals surface area contributed by atoms with Crippen LogP contribution in [0.15, 0.2) is 24.3 Å². The van der Waals surface area contributed by atoms with Gasteiger partial charge in [-0.1, -0.05) is 52.0 Å². The summed E-state index contributed by atoms with van der Waals surface area (Å²) >= 11 is 0. The second kappa shape index (κ2) is 6.90. The lowest BCUT2D eigenvalue weighted by atomic mass is 10.1. The Kier molecular flexibility index (Phi) is 5.50. The standard InChI is InChI=1S/C12H12N2.2C2H6.H2/c1-8-6-10-9-4-2-3-5-11(9)14-12(10)7-13-8;2*1-2;/h2-8,13-14H,1H3;2*1-2H3;1H. The minimum absolute atomic E-state index is 0. The summed E-state index contributed by atoms with van der Waals surface area (Å²) in [6.45, 7) is 10.2. The SMILES string of the molecule is CC.CC.CC1C=c2c([nH]c3ccccc23)=CN1.[HH]. The molecule has 2 N–H and O–H groups in total. The lowest BCUT2D eigenvalue weighted by Crippen LogP contribution is -2.36. The van der Waals surface area contributed by atoms with Crippen LogP contribution in [0.25, 0.3) is 23.2 Å². The van der Waals surface area contributed by atoms with Crippen LogP contribution >= 0.6 is 0 Å². The lowest BCUT2D eigenvalue weighted by Gasteiger charge is -2.08. The molecule has 1 aromatic carbocycles. The minimum atomic E-state index is 0. The van der Waals surface area contributed by atoms with Crippen LogP contribution in [-0.4, -0.2) is 11.0 Å². The highest BCUT2D eigenvalue weighted by Gasteiger charge is 2.04. The summed E-state index contributed by atoms with van der Waals surface area (Å²) in [7, 11) is 0. The van der Waals surface area contributed by atoms with Crippen LogP contribution in [0.4, 0.5) is 0 Å². The van der Waals surface area contributed by atoms with Gasteiger partial charge in [-0.3, -0.25) is 0 Å². The van der Waals surface area contributed by atoms with Gasteiger partial charge in [0.25, 0.3) is 0 Å². The molecule has 2 aromatic rings. The van der Waals surface area contributed by atoms with Gasteiger partial charge in [0.05, 0.1) is 5.35 Å². The topological polar surface area (TPSA) is 27.8 Å². The molecule has 1 aliphatic heterocycles. The van der Waals surface area contributed by atoms with Crippen LogP contribution in [0.5, 0.6) is 0 Å². The van der Waals surface area contributed by atoms with Crippen LogP contribution in [0, 0.1) is 0 Å². The fraction of sp³-hybridized carbons (Fsp3) is 0.375. The van der Waals surface area contributed by atoms with Crippen LogP contribution in [0.3, 0.4) is 0 Å². The molecule has 18 heavy (non-hydrogen) atoms. The molecule has 100 valence electrons. The molecule has 2 heterocycles. The van der Waals surface area contributed by atoms with Crippen molar-refractivity contribution in [1.82, 2.24) is 10.3 Å². The molecule has 0 saturated carbocycles. The van der Waals surface area contributed by atoms with Gasteiger partial charge < -0.3 is 10.3 Å². The Morgan fingerprint density at radius 3 is 2.44 bits per heavy atom. The maximum atomic E-state index is 3.39. The summed E-state index contributed by atoms with van der Waals surface area (Å²) in [5.74, 6) is 0. The average Bonchev–Trinajstić information content (AvgIpc) is 2.81. The van der Waals surface area contributed by atoms with Gasteiger partial charge in [-0.2, -0.15) is 0 Å². The second-order valence-corrected chi connectivity index (χ2v) is 3.76. The van der Waals surface area contributed by atoms with E-state index < -0.39 is 0 Å². The molecule has 0 fully saturated rings. The molecule has 3 rings (SSSR count). The van der Waals surface area contributed by atoms with Crippen molar-refractivity contribution < 1.29 is 1.43 Å². The van der Waals surface area contributed by atoms with Crippen molar-refractivity contribution in [2.45, 2.75) is 40.7 Å². The van der Waals surface area contributed by atoms with Crippen LogP contribution in [-0.2, 0) is 0 Å². The van der Waals surface area contributed by atoms with E-state index in [9.17, 15) is 0 Å². The van der Waals surface area contributed by atoms with Gasteiger partial charge in [-0.15, -0.1) is 0 Å². The molecule has 0 bridgehead atoms. The van der Waals surface area contributed by atoms with Gasteiger partial charge in [-0.05, 0) is 13.0 Å². The summed E-state index contributed by atoms with van der Waals surface area (Å²) in [6.07, 6.45) is 4.31. The molecule has 1 aliphatic rings. The molecule has 0 saturated heterocycles. The highest BCUT2D eigenvalue weighted by molar-refractivity contribution is 5.81. The van der Waals surface area contributed by atoms with Gasteiger partial charge in [0, 0.05) is 29.8 Å². The maximum Gasteiger partial charge on any atom is 0.0622 e. The van der Waals surface area contributed by atoms with E-state index in [0.717, 1.165) is 0 Å². The maximum absolute atomic E-state index is 3.39. The summed E-state index contributed by atoms with van der Waals surface area (Å²) in [5.41, 5.74) is 1.21. The Labute approximate surface area is 111 Å². The van der Waals surface area contributed by atoms with Crippen LogP contribution in [0.1, 0.15) is 36.0 Å². The molecule has 2 heteroatoms. The predicted octanol–water partition coefficient (Wildman–Crippen LogP) is 2.98. The number of benzene rings is 1. The molecular formula is C16H26N2. The second-order valence-electron chi connectivity index (χ2n) is 3.76. The number of aromatic amines is 1. The third-order valence-corrected chi connectivity index (χ3v) is 2.68. The van der Waals surface area contributed by atoms with Crippen LogP contribution in [0.2, 0.25) is 0 Å². The van der Waals surface area contributed by atoms with Gasteiger partial charge in [-0.25, -0.2) is 0 Å². The fourth-order valence-corrected chi connectivity index (χ4v) is 1.99. The number of hydrogen-bond donors (Lipinski definition) is 2. The number of aromatic nitrogens is 1. The Balaban J connectivity index is 0.000000597. The lowest BCUT2D eigenvalue weighted by molar-refractivity contribution is 0.825. The largest absolute Gasteiger partial charge is 0.383 e. The van der Waals surface area contributed by atoms with E-state index in [-0.39, 0.29) is 1.43 Å². The number of nitrogens with one attached hydrogen (secondary N) is 2. The Bertz CT molecular complexity index is 599. The summed E-state index contributed by atoms with van der Waals surface area (Å²) in [4.78, 5) is 3.39. The fourth-order valence-electron chi connectivity index (χ4n) is 1.99. The van der Waals surface area contributed by atoms with Crippen molar-refractivity contribution in [3.63, 3.8) is 0 Å². The van der Waals surface area contributed by atoms with Gasteiger partial charge in [0.2, 0.25) is 0 Å². The van der Waals surface area contributed by atoms with E-state index in [1.165, 1.54) is 21.5 Å². The molecule has 0 spiro atoms. The zero-order valence-corrected chi connectivity index (χ0v) is 12.0. The van der Waals surface area contributed by atoms with Crippen molar-refractivity contribution in [3.05, 3.63) is 34.8 Å². The first kappa shape index (κ1) is 14.4. The minimum Gasteiger partial charge on any atom is -0.383 e. The first-order chi connectivity index (χ1) is 8.84. The first-order valence-corrected chi connectivity index (χ1v) is 6.89. The highest BCUT2D eigenvalue weighted by Crippen LogP contribution is 2.04. The van der Waals surface area contributed by atoms with E-state index in [2.05, 4.69) is 53.8 Å². The van der Waals surface area contributed by atoms with Crippen molar-refractivity contribution in [1.29, 1.82) is 0 Å². The summed E-state index contributed by atoms with van der Waals surface area (Å²) in [5, 5.41) is 7.11. The molecule has 0 amide bonds. The van der Waals surface area contributed by atoms with Crippen molar-refractivity contribution >= 4 is 23.2 Å². The van der Waals surface area contributed by atoms with Crippen LogP contribution < -0.4 is 15.9 Å². The summed E-state index contributed by atoms with van der Waals surface area (Å²) in [6, 6.07) is 8.83. The molecule has 2 nitrogen and oxygen atoms in total. The van der Waals surface area contributed by atoms with E-state index in [0.29, 0.717) is 6.04 Å². The molecular weight excluding hydrogens is 220 g/mol. The number of H-pyrrole nitrogens is 1. The van der Waals surface area contributed by atoms with E-state index in [1.54, 1.807) is 0 Å². The third kappa shape index (κ3) is 2.76. The Morgan fingerprint density at radius 2 is 1.72 bits per heavy atom. The third-order valence-electron chi connectivity index (χ3n) is 2.68. The smallest absolute Gasteiger partial charge is 0.0622 e. The predicted molar refractivity (Wildman–Crippen MR) is 83.9 cm³/mol. The van der Waals surface area contributed by atoms with Gasteiger partial charge in [0.15, 0.2) is 0 Å². The summed E-state index contributed by atoms with van der Waals surface area (Å²) < 4.78 is 0. The number of hydrogen-bond acceptors (Lipinski definition) is 1. The highest BCUT2D eigenvalue weighted by atomic mass is 14.9. The molecule has 1 atom stereocenters. The Morgan fingerprint density at radius 1 is 1.06 bits per heavy atom. The van der Waals surface area contributed by atoms with Gasteiger partial charge >= 0.3 is 0 Å². The van der Waals surface area contributed by atoms with E-state index >= 15 is 0 Å². The zero-order valence-electron chi connectivity index (χ0n) is 12.0. The number of fused-ring (bicyclic) bond motifs is 3. The van der Waals surface area contributed by atoms with Crippen molar-refractivity contribution in [2.75, 3.05) is 0 Å². The number of para-hydroxylation sites is 1. The first-order valence-electron chi connectivity index (χ1n) is 6.89. The van der Waals surface area contributed by atoms with E-state index in [1.807, 2.05) is 27.7 Å². The Hall–Kier alpha value is -1.70. The molecule has 0 aliphatic carbocycles. The quantitative estimate of drug-likeness (QED) is 0.735. The zero-order chi connectivity index (χ0) is 13.5. The molecule has 1 aromatic heterocycles. The monoisotopic (exact) mass is 246 g/mol. The van der Waals surface area contributed by atoms with Crippen molar-refractivity contribution in [3.8, 4) is 0 Å². The van der Waals surface area contributed by atoms with Crippen molar-refractivity contribution in [2.24, 2.45) is 0 Å². The molecule has 0 radical (unpaired) electrons. The average molecular weight is 246 g/mol. The molecule has 1 unspecified atom stereocenters. The normalized spacial score (nSPS) is 15.7. The van der Waals surface area contributed by atoms with Gasteiger partial charge in [0.1, 0.15) is 0 Å². The number of rotatable bonds is 0.